The largest absolute Gasteiger partial charge is 0.366 e. The van der Waals surface area contributed by atoms with Crippen LogP contribution >= 0.6 is 0 Å². The molecule has 0 unspecified atom stereocenters. The van der Waals surface area contributed by atoms with Crippen LogP contribution in [-0.4, -0.2) is 53.3 Å². The zero-order valence-electron chi connectivity index (χ0n) is 18.9. The van der Waals surface area contributed by atoms with Gasteiger partial charge in [-0.3, -0.25) is 9.69 Å². The molecular formula is C25H31N5O. The van der Waals surface area contributed by atoms with Gasteiger partial charge in [0.1, 0.15) is 0 Å². The molecule has 2 aromatic carbocycles. The van der Waals surface area contributed by atoms with E-state index in [9.17, 15) is 4.79 Å². The number of para-hydroxylation sites is 1. The van der Waals surface area contributed by atoms with Crippen molar-refractivity contribution in [2.75, 3.05) is 42.9 Å². The fourth-order valence-electron chi connectivity index (χ4n) is 4.27. The lowest BCUT2D eigenvalue weighted by Gasteiger charge is -2.35. The number of amides is 1. The maximum absolute atomic E-state index is 12.5. The number of anilines is 2. The van der Waals surface area contributed by atoms with Gasteiger partial charge in [0, 0.05) is 31.9 Å². The number of nitrogens with zero attached hydrogens (tertiary/aromatic N) is 4. The minimum Gasteiger partial charge on any atom is -0.366 e. The van der Waals surface area contributed by atoms with Crippen LogP contribution in [0.4, 0.5) is 11.4 Å². The zero-order valence-corrected chi connectivity index (χ0v) is 18.9. The van der Waals surface area contributed by atoms with Gasteiger partial charge in [-0.2, -0.15) is 5.10 Å². The highest BCUT2D eigenvalue weighted by molar-refractivity contribution is 5.92. The molecule has 6 nitrogen and oxygen atoms in total. The Labute approximate surface area is 184 Å². The Morgan fingerprint density at radius 2 is 1.65 bits per heavy atom. The second-order valence-corrected chi connectivity index (χ2v) is 8.38. The lowest BCUT2D eigenvalue weighted by Crippen LogP contribution is -2.49. The smallest absolute Gasteiger partial charge is 0.238 e. The average Bonchev–Trinajstić information content (AvgIpc) is 3.06. The van der Waals surface area contributed by atoms with E-state index >= 15 is 0 Å². The third-order valence-corrected chi connectivity index (χ3v) is 6.10. The SMILES string of the molecule is Cc1ccc(NC(=O)CN2CCN(c3c(C)nn(-c4ccccc4)c3C)CC2)cc1C. The van der Waals surface area contributed by atoms with Crippen molar-refractivity contribution in [2.24, 2.45) is 0 Å². The van der Waals surface area contributed by atoms with E-state index in [2.05, 4.69) is 54.9 Å². The van der Waals surface area contributed by atoms with Crippen molar-refractivity contribution in [1.82, 2.24) is 14.7 Å². The Hall–Kier alpha value is -3.12. The van der Waals surface area contributed by atoms with Crippen molar-refractivity contribution >= 4 is 17.3 Å². The highest BCUT2D eigenvalue weighted by Crippen LogP contribution is 2.27. The molecule has 0 bridgehead atoms. The molecule has 1 amide bonds. The quantitative estimate of drug-likeness (QED) is 0.685. The van der Waals surface area contributed by atoms with Crippen LogP contribution in [0.2, 0.25) is 0 Å². The van der Waals surface area contributed by atoms with Crippen LogP contribution in [0.5, 0.6) is 0 Å². The Morgan fingerprint density at radius 1 is 0.935 bits per heavy atom. The molecule has 1 N–H and O–H groups in total. The van der Waals surface area contributed by atoms with Crippen molar-refractivity contribution in [2.45, 2.75) is 27.7 Å². The fraction of sp³-hybridized carbons (Fsp3) is 0.360. The zero-order chi connectivity index (χ0) is 22.0. The molecule has 0 atom stereocenters. The van der Waals surface area contributed by atoms with Crippen molar-refractivity contribution in [1.29, 1.82) is 0 Å². The Kier molecular flexibility index (Phi) is 6.09. The highest BCUT2D eigenvalue weighted by Gasteiger charge is 2.24. The summed E-state index contributed by atoms with van der Waals surface area (Å²) >= 11 is 0. The topological polar surface area (TPSA) is 53.4 Å². The summed E-state index contributed by atoms with van der Waals surface area (Å²) in [6.45, 7) is 12.3. The molecule has 2 heterocycles. The molecule has 162 valence electrons. The fourth-order valence-corrected chi connectivity index (χ4v) is 4.27. The van der Waals surface area contributed by atoms with Gasteiger partial charge in [0.05, 0.1) is 29.3 Å². The average molecular weight is 418 g/mol. The number of benzene rings is 2. The lowest BCUT2D eigenvalue weighted by atomic mass is 10.1. The van der Waals surface area contributed by atoms with Gasteiger partial charge in [-0.25, -0.2) is 4.68 Å². The van der Waals surface area contributed by atoms with Crippen molar-refractivity contribution in [3.63, 3.8) is 0 Å². The number of carbonyl (C=O) groups excluding carboxylic acids is 1. The molecule has 3 aromatic rings. The van der Waals surface area contributed by atoms with Gasteiger partial charge in [0.15, 0.2) is 0 Å². The number of nitrogens with one attached hydrogen (secondary N) is 1. The summed E-state index contributed by atoms with van der Waals surface area (Å²) < 4.78 is 2.02. The molecule has 0 saturated carbocycles. The normalized spacial score (nSPS) is 14.6. The molecule has 0 radical (unpaired) electrons. The van der Waals surface area contributed by atoms with Crippen LogP contribution in [0.25, 0.3) is 5.69 Å². The standard InChI is InChI=1S/C25H31N5O/c1-18-10-11-22(16-19(18)2)26-24(31)17-28-12-14-29(15-13-28)25-20(3)27-30(21(25)4)23-8-6-5-7-9-23/h5-11,16H,12-15,17H2,1-4H3,(H,26,31). The first kappa shape index (κ1) is 21.1. The van der Waals surface area contributed by atoms with Crippen molar-refractivity contribution in [3.8, 4) is 5.69 Å². The first-order chi connectivity index (χ1) is 14.9. The maximum atomic E-state index is 12.5. The summed E-state index contributed by atoms with van der Waals surface area (Å²) in [6, 6.07) is 16.3. The molecule has 0 spiro atoms. The predicted molar refractivity (Wildman–Crippen MR) is 126 cm³/mol. The minimum atomic E-state index is 0.0426. The number of aryl methyl sites for hydroxylation is 3. The number of carbonyl (C=O) groups is 1. The van der Waals surface area contributed by atoms with Crippen LogP contribution in [0.1, 0.15) is 22.5 Å². The third kappa shape index (κ3) is 4.64. The van der Waals surface area contributed by atoms with Gasteiger partial charge < -0.3 is 10.2 Å². The van der Waals surface area contributed by atoms with Crippen LogP contribution in [-0.2, 0) is 4.79 Å². The number of hydrogen-bond acceptors (Lipinski definition) is 4. The van der Waals surface area contributed by atoms with Gasteiger partial charge in [-0.05, 0) is 63.1 Å². The number of piperazine rings is 1. The van der Waals surface area contributed by atoms with Gasteiger partial charge in [-0.1, -0.05) is 24.3 Å². The van der Waals surface area contributed by atoms with Crippen molar-refractivity contribution < 1.29 is 4.79 Å². The lowest BCUT2D eigenvalue weighted by molar-refractivity contribution is -0.117. The molecule has 1 aliphatic rings. The Bertz CT molecular complexity index is 1070. The highest BCUT2D eigenvalue weighted by atomic mass is 16.2. The molecule has 6 heteroatoms. The summed E-state index contributed by atoms with van der Waals surface area (Å²) in [5.74, 6) is 0.0426. The van der Waals surface area contributed by atoms with E-state index in [1.54, 1.807) is 0 Å². The van der Waals surface area contributed by atoms with E-state index in [0.29, 0.717) is 6.54 Å². The second kappa shape index (κ2) is 8.94. The molecule has 1 saturated heterocycles. The number of hydrogen-bond donors (Lipinski definition) is 1. The summed E-state index contributed by atoms with van der Waals surface area (Å²) in [5.41, 5.74) is 7.78. The molecule has 1 aliphatic heterocycles. The van der Waals surface area contributed by atoms with Crippen LogP contribution in [0, 0.1) is 27.7 Å². The van der Waals surface area contributed by atoms with Crippen LogP contribution in [0.15, 0.2) is 48.5 Å². The van der Waals surface area contributed by atoms with E-state index < -0.39 is 0 Å². The first-order valence-electron chi connectivity index (χ1n) is 10.9. The number of rotatable bonds is 5. The van der Waals surface area contributed by atoms with E-state index in [-0.39, 0.29) is 5.91 Å². The molecule has 0 aliphatic carbocycles. The monoisotopic (exact) mass is 417 g/mol. The summed E-state index contributed by atoms with van der Waals surface area (Å²) in [7, 11) is 0. The first-order valence-corrected chi connectivity index (χ1v) is 10.9. The van der Waals surface area contributed by atoms with Crippen molar-refractivity contribution in [3.05, 3.63) is 71.0 Å². The van der Waals surface area contributed by atoms with Gasteiger partial charge in [0.25, 0.3) is 0 Å². The molecule has 1 aromatic heterocycles. The van der Waals surface area contributed by atoms with Crippen LogP contribution in [0.3, 0.4) is 0 Å². The van der Waals surface area contributed by atoms with Gasteiger partial charge in [-0.15, -0.1) is 0 Å². The molecule has 4 rings (SSSR count). The van der Waals surface area contributed by atoms with E-state index in [0.717, 1.165) is 48.9 Å². The van der Waals surface area contributed by atoms with Gasteiger partial charge >= 0.3 is 0 Å². The van der Waals surface area contributed by atoms with Gasteiger partial charge in [0.2, 0.25) is 5.91 Å². The summed E-state index contributed by atoms with van der Waals surface area (Å²) in [4.78, 5) is 17.1. The Morgan fingerprint density at radius 3 is 2.32 bits per heavy atom. The predicted octanol–water partition coefficient (Wildman–Crippen LogP) is 3.87. The second-order valence-electron chi connectivity index (χ2n) is 8.38. The summed E-state index contributed by atoms with van der Waals surface area (Å²) in [5, 5.41) is 7.81. The minimum absolute atomic E-state index is 0.0426. The van der Waals surface area contributed by atoms with E-state index in [1.165, 1.54) is 16.8 Å². The molecular weight excluding hydrogens is 386 g/mol. The Balaban J connectivity index is 1.36. The molecule has 31 heavy (non-hydrogen) atoms. The van der Waals surface area contributed by atoms with E-state index in [4.69, 9.17) is 5.10 Å². The molecule has 1 fully saturated rings. The number of aromatic nitrogens is 2. The van der Waals surface area contributed by atoms with Crippen LogP contribution < -0.4 is 10.2 Å². The summed E-state index contributed by atoms with van der Waals surface area (Å²) in [6.07, 6.45) is 0. The maximum Gasteiger partial charge on any atom is 0.238 e. The third-order valence-electron chi connectivity index (χ3n) is 6.10. The van der Waals surface area contributed by atoms with E-state index in [1.807, 2.05) is 41.1 Å².